The molecule has 1 heterocycles. The van der Waals surface area contributed by atoms with Gasteiger partial charge in [-0.05, 0) is 19.1 Å². The van der Waals surface area contributed by atoms with E-state index < -0.39 is 11.0 Å². The van der Waals surface area contributed by atoms with Crippen LogP contribution < -0.4 is 4.74 Å². The molecule has 0 bridgehead atoms. The monoisotopic (exact) mass is 332 g/mol. The molecule has 0 saturated carbocycles. The van der Waals surface area contributed by atoms with Gasteiger partial charge in [-0.1, -0.05) is 17.7 Å². The number of nitro benzene ring substituents is 1. The van der Waals surface area contributed by atoms with E-state index in [1.165, 1.54) is 24.3 Å². The van der Waals surface area contributed by atoms with Gasteiger partial charge in [-0.15, -0.1) is 6.58 Å². The maximum absolute atomic E-state index is 12.4. The molecule has 0 aliphatic carbocycles. The van der Waals surface area contributed by atoms with Crippen molar-refractivity contribution in [2.75, 3.05) is 13.7 Å². The first-order chi connectivity index (χ1) is 11.4. The highest BCUT2D eigenvalue weighted by molar-refractivity contribution is 5.72. The molecule has 24 heavy (non-hydrogen) atoms. The Balaban J connectivity index is 2.04. The molecule has 7 nitrogen and oxygen atoms in total. The predicted molar refractivity (Wildman–Crippen MR) is 89.0 cm³/mol. The van der Waals surface area contributed by atoms with Gasteiger partial charge in [-0.25, -0.2) is 4.79 Å². The van der Waals surface area contributed by atoms with Crippen LogP contribution in [0.25, 0.3) is 0 Å². The highest BCUT2D eigenvalue weighted by atomic mass is 16.6. The Morgan fingerprint density at radius 1 is 1.50 bits per heavy atom. The maximum Gasteiger partial charge on any atom is 0.416 e. The van der Waals surface area contributed by atoms with Gasteiger partial charge in [0.2, 0.25) is 0 Å². The lowest BCUT2D eigenvalue weighted by Crippen LogP contribution is -2.40. The van der Waals surface area contributed by atoms with Gasteiger partial charge >= 0.3 is 6.09 Å². The van der Waals surface area contributed by atoms with E-state index in [0.717, 1.165) is 5.57 Å². The third kappa shape index (κ3) is 4.20. The molecule has 7 heteroatoms. The number of hydrogen-bond acceptors (Lipinski definition) is 5. The van der Waals surface area contributed by atoms with E-state index in [1.54, 1.807) is 18.1 Å². The number of carbonyl (C=O) groups excluding carboxylic acids is 1. The second-order valence-electron chi connectivity index (χ2n) is 5.57. The number of methoxy groups -OCH3 is 1. The van der Waals surface area contributed by atoms with Crippen LogP contribution in [-0.2, 0) is 4.74 Å². The molecule has 0 spiro atoms. The molecule has 0 aromatic heterocycles. The lowest BCUT2D eigenvalue weighted by Gasteiger charge is -2.26. The van der Waals surface area contributed by atoms with Crippen LogP contribution in [0.3, 0.4) is 0 Å². The fraction of sp³-hybridized carbons (Fsp3) is 0.353. The average molecular weight is 332 g/mol. The Morgan fingerprint density at radius 2 is 2.17 bits per heavy atom. The van der Waals surface area contributed by atoms with Crippen LogP contribution in [0.1, 0.15) is 13.3 Å². The Labute approximate surface area is 140 Å². The average Bonchev–Trinajstić information content (AvgIpc) is 2.93. The summed E-state index contributed by atoms with van der Waals surface area (Å²) < 4.78 is 10.6. The Kier molecular flexibility index (Phi) is 5.70. The summed E-state index contributed by atoms with van der Waals surface area (Å²) in [6.45, 7) is 6.14. The van der Waals surface area contributed by atoms with Crippen molar-refractivity contribution in [3.05, 3.63) is 58.7 Å². The van der Waals surface area contributed by atoms with Gasteiger partial charge in [0.15, 0.2) is 0 Å². The van der Waals surface area contributed by atoms with Crippen LogP contribution in [0, 0.1) is 10.1 Å². The zero-order valence-electron chi connectivity index (χ0n) is 13.7. The summed E-state index contributed by atoms with van der Waals surface area (Å²) in [5, 5.41) is 10.6. The molecular formula is C17H20N2O5. The van der Waals surface area contributed by atoms with Crippen molar-refractivity contribution in [3.8, 4) is 5.75 Å². The number of rotatable bonds is 6. The first kappa shape index (κ1) is 17.7. The molecule has 1 aliphatic heterocycles. The summed E-state index contributed by atoms with van der Waals surface area (Å²) in [6.07, 6.45) is 3.63. The zero-order valence-corrected chi connectivity index (χ0v) is 13.7. The molecule has 0 fully saturated rings. The maximum atomic E-state index is 12.4. The van der Waals surface area contributed by atoms with Gasteiger partial charge in [-0.3, -0.25) is 15.0 Å². The van der Waals surface area contributed by atoms with E-state index in [4.69, 9.17) is 9.47 Å². The quantitative estimate of drug-likeness (QED) is 0.453. The van der Waals surface area contributed by atoms with E-state index in [0.29, 0.717) is 13.0 Å². The standard InChI is InChI=1S/C17H20N2O5/c1-4-15(23-3)10-14-9-12(2)11-18(14)17(20)24-16-7-5-13(6-8-16)19(21)22/h4-9,14-15H,1,10-11H2,2-3H3/t14-,15?/m1/s1. The molecule has 128 valence electrons. The first-order valence-electron chi connectivity index (χ1n) is 7.50. The van der Waals surface area contributed by atoms with Gasteiger partial charge < -0.3 is 9.47 Å². The molecule has 1 aromatic carbocycles. The number of ether oxygens (including phenoxy) is 2. The van der Waals surface area contributed by atoms with E-state index >= 15 is 0 Å². The highest BCUT2D eigenvalue weighted by Crippen LogP contribution is 2.24. The van der Waals surface area contributed by atoms with Crippen molar-refractivity contribution < 1.29 is 19.2 Å². The van der Waals surface area contributed by atoms with Gasteiger partial charge in [0.25, 0.3) is 5.69 Å². The van der Waals surface area contributed by atoms with E-state index in [2.05, 4.69) is 6.58 Å². The molecule has 1 amide bonds. The molecule has 0 saturated heterocycles. The largest absolute Gasteiger partial charge is 0.416 e. The predicted octanol–water partition coefficient (Wildman–Crippen LogP) is 3.32. The second-order valence-corrected chi connectivity index (χ2v) is 5.57. The van der Waals surface area contributed by atoms with E-state index in [-0.39, 0.29) is 23.6 Å². The molecule has 1 aromatic rings. The number of carbonyl (C=O) groups is 1. The molecule has 2 rings (SSSR count). The van der Waals surface area contributed by atoms with Crippen molar-refractivity contribution in [2.45, 2.75) is 25.5 Å². The summed E-state index contributed by atoms with van der Waals surface area (Å²) in [5.74, 6) is 0.265. The van der Waals surface area contributed by atoms with Crippen LogP contribution in [0.15, 0.2) is 48.6 Å². The molecule has 1 aliphatic rings. The van der Waals surface area contributed by atoms with Crippen molar-refractivity contribution >= 4 is 11.8 Å². The van der Waals surface area contributed by atoms with Crippen LogP contribution in [0.2, 0.25) is 0 Å². The van der Waals surface area contributed by atoms with Crippen LogP contribution in [-0.4, -0.2) is 41.7 Å². The lowest BCUT2D eigenvalue weighted by molar-refractivity contribution is -0.384. The van der Waals surface area contributed by atoms with E-state index in [9.17, 15) is 14.9 Å². The van der Waals surface area contributed by atoms with Crippen molar-refractivity contribution in [3.63, 3.8) is 0 Å². The minimum atomic E-state index is -0.504. The fourth-order valence-corrected chi connectivity index (χ4v) is 2.57. The number of benzene rings is 1. The Hall–Kier alpha value is -2.67. The Morgan fingerprint density at radius 3 is 2.71 bits per heavy atom. The smallest absolute Gasteiger partial charge is 0.410 e. The third-order valence-corrected chi connectivity index (χ3v) is 3.82. The fourth-order valence-electron chi connectivity index (χ4n) is 2.57. The summed E-state index contributed by atoms with van der Waals surface area (Å²) in [6, 6.07) is 5.27. The topological polar surface area (TPSA) is 81.9 Å². The summed E-state index contributed by atoms with van der Waals surface area (Å²) in [7, 11) is 1.59. The number of hydrogen-bond donors (Lipinski definition) is 0. The van der Waals surface area contributed by atoms with Gasteiger partial charge in [0.05, 0.1) is 17.1 Å². The van der Waals surface area contributed by atoms with Crippen LogP contribution >= 0.6 is 0 Å². The summed E-state index contributed by atoms with van der Waals surface area (Å²) in [5.41, 5.74) is 1.01. The lowest BCUT2D eigenvalue weighted by atomic mass is 10.1. The number of amides is 1. The summed E-state index contributed by atoms with van der Waals surface area (Å²) in [4.78, 5) is 24.2. The normalized spacial score (nSPS) is 18.0. The van der Waals surface area contributed by atoms with Crippen LogP contribution in [0.4, 0.5) is 10.5 Å². The SMILES string of the molecule is C=CC(C[C@H]1C=C(C)CN1C(=O)Oc1ccc([N+](=O)[O-])cc1)OC. The minimum Gasteiger partial charge on any atom is -0.410 e. The zero-order chi connectivity index (χ0) is 17.7. The molecule has 0 radical (unpaired) electrons. The molecular weight excluding hydrogens is 312 g/mol. The molecule has 2 atom stereocenters. The minimum absolute atomic E-state index is 0.0553. The summed E-state index contributed by atoms with van der Waals surface area (Å²) >= 11 is 0. The van der Waals surface area contributed by atoms with E-state index in [1.807, 2.05) is 13.0 Å². The van der Waals surface area contributed by atoms with Gasteiger partial charge in [0, 0.05) is 32.2 Å². The third-order valence-electron chi connectivity index (χ3n) is 3.82. The van der Waals surface area contributed by atoms with Gasteiger partial charge in [0.1, 0.15) is 5.75 Å². The van der Waals surface area contributed by atoms with Gasteiger partial charge in [-0.2, -0.15) is 0 Å². The van der Waals surface area contributed by atoms with Crippen molar-refractivity contribution in [1.29, 1.82) is 0 Å². The highest BCUT2D eigenvalue weighted by Gasteiger charge is 2.30. The van der Waals surface area contributed by atoms with Crippen molar-refractivity contribution in [1.82, 2.24) is 4.90 Å². The molecule has 1 unspecified atom stereocenters. The number of nitro groups is 1. The number of non-ortho nitro benzene ring substituents is 1. The number of nitrogens with zero attached hydrogens (tertiary/aromatic N) is 2. The Bertz CT molecular complexity index is 653. The van der Waals surface area contributed by atoms with Crippen molar-refractivity contribution in [2.24, 2.45) is 0 Å². The second kappa shape index (κ2) is 7.74. The van der Waals surface area contributed by atoms with Crippen LogP contribution in [0.5, 0.6) is 5.75 Å². The molecule has 0 N–H and O–H groups in total. The first-order valence-corrected chi connectivity index (χ1v) is 7.50.